The summed E-state index contributed by atoms with van der Waals surface area (Å²) >= 11 is 0. The van der Waals surface area contributed by atoms with E-state index >= 15 is 0 Å². The standard InChI is InChI=1S/C16H17FN6O/c17-11-4-5-13(22-9-2-6-18-8-10-22)20-15(11)23-12-3-1-7-19-14(12)21-16(23)24/h1,3-5,7,18H,2,6,8-10H2,(H,19,21,24). The zero-order chi connectivity index (χ0) is 16.5. The smallest absolute Gasteiger partial charge is 0.333 e. The van der Waals surface area contributed by atoms with Gasteiger partial charge in [0.05, 0.1) is 5.52 Å². The maximum absolute atomic E-state index is 14.4. The molecule has 2 N–H and O–H groups in total. The monoisotopic (exact) mass is 328 g/mol. The minimum atomic E-state index is -0.543. The second-order valence-electron chi connectivity index (χ2n) is 5.70. The predicted octanol–water partition coefficient (Wildman–Crippen LogP) is 1.05. The summed E-state index contributed by atoms with van der Waals surface area (Å²) in [6, 6.07) is 6.43. The maximum Gasteiger partial charge on any atom is 0.333 e. The minimum absolute atomic E-state index is 0.00560. The highest BCUT2D eigenvalue weighted by atomic mass is 19.1. The molecule has 0 aromatic carbocycles. The Morgan fingerprint density at radius 1 is 1.17 bits per heavy atom. The van der Waals surface area contributed by atoms with Crippen LogP contribution in [0.5, 0.6) is 0 Å². The number of nitrogens with one attached hydrogen (secondary N) is 2. The van der Waals surface area contributed by atoms with Gasteiger partial charge in [-0.2, -0.15) is 0 Å². The summed E-state index contributed by atoms with van der Waals surface area (Å²) in [6.07, 6.45) is 2.57. The molecule has 0 atom stereocenters. The highest BCUT2D eigenvalue weighted by molar-refractivity contribution is 5.72. The van der Waals surface area contributed by atoms with Crippen molar-refractivity contribution in [1.29, 1.82) is 0 Å². The van der Waals surface area contributed by atoms with Gasteiger partial charge in [-0.3, -0.25) is 4.98 Å². The molecule has 0 bridgehead atoms. The van der Waals surface area contributed by atoms with Crippen molar-refractivity contribution < 1.29 is 4.39 Å². The summed E-state index contributed by atoms with van der Waals surface area (Å²) in [4.78, 5) is 25.5. The van der Waals surface area contributed by atoms with Crippen molar-refractivity contribution >= 4 is 17.0 Å². The molecule has 8 heteroatoms. The van der Waals surface area contributed by atoms with Gasteiger partial charge < -0.3 is 10.2 Å². The van der Waals surface area contributed by atoms with Crippen LogP contribution in [-0.4, -0.2) is 45.7 Å². The fourth-order valence-corrected chi connectivity index (χ4v) is 2.98. The van der Waals surface area contributed by atoms with Crippen molar-refractivity contribution in [3.63, 3.8) is 0 Å². The Morgan fingerprint density at radius 2 is 2.08 bits per heavy atom. The Morgan fingerprint density at radius 3 is 3.00 bits per heavy atom. The molecular formula is C16H17FN6O. The molecule has 1 aliphatic rings. The van der Waals surface area contributed by atoms with E-state index in [1.165, 1.54) is 10.6 Å². The van der Waals surface area contributed by atoms with Crippen LogP contribution in [0.3, 0.4) is 0 Å². The van der Waals surface area contributed by atoms with Crippen LogP contribution < -0.4 is 15.9 Å². The summed E-state index contributed by atoms with van der Waals surface area (Å²) in [6.45, 7) is 3.45. The predicted molar refractivity (Wildman–Crippen MR) is 89.1 cm³/mol. The van der Waals surface area contributed by atoms with Gasteiger partial charge in [0.15, 0.2) is 17.3 Å². The van der Waals surface area contributed by atoms with Gasteiger partial charge in [0.25, 0.3) is 0 Å². The number of nitrogens with zero attached hydrogens (tertiary/aromatic N) is 4. The first-order chi connectivity index (χ1) is 11.7. The molecule has 124 valence electrons. The summed E-state index contributed by atoms with van der Waals surface area (Å²) in [7, 11) is 0. The number of imidazole rings is 1. The van der Waals surface area contributed by atoms with Crippen molar-refractivity contribution in [2.45, 2.75) is 6.42 Å². The average molecular weight is 328 g/mol. The number of halogens is 1. The molecule has 0 saturated carbocycles. The first-order valence-corrected chi connectivity index (χ1v) is 7.92. The van der Waals surface area contributed by atoms with Crippen LogP contribution in [0, 0.1) is 5.82 Å². The second kappa shape index (κ2) is 6.04. The molecule has 0 aliphatic carbocycles. The van der Waals surface area contributed by atoms with Gasteiger partial charge in [0.1, 0.15) is 5.82 Å². The number of anilines is 1. The first kappa shape index (κ1) is 14.8. The molecule has 4 rings (SSSR count). The molecule has 24 heavy (non-hydrogen) atoms. The fraction of sp³-hybridized carbons (Fsp3) is 0.312. The Hall–Kier alpha value is -2.74. The average Bonchev–Trinajstić information content (AvgIpc) is 2.76. The van der Waals surface area contributed by atoms with Crippen molar-refractivity contribution in [2.75, 3.05) is 31.1 Å². The number of hydrogen-bond donors (Lipinski definition) is 2. The molecule has 0 unspecified atom stereocenters. The third-order valence-electron chi connectivity index (χ3n) is 4.14. The van der Waals surface area contributed by atoms with Gasteiger partial charge >= 0.3 is 5.69 Å². The zero-order valence-corrected chi connectivity index (χ0v) is 13.0. The number of hydrogen-bond acceptors (Lipinski definition) is 5. The van der Waals surface area contributed by atoms with Crippen molar-refractivity contribution in [3.8, 4) is 5.82 Å². The lowest BCUT2D eigenvalue weighted by atomic mass is 10.3. The summed E-state index contributed by atoms with van der Waals surface area (Å²) in [5.74, 6) is 0.118. The van der Waals surface area contributed by atoms with Gasteiger partial charge in [-0.15, -0.1) is 0 Å². The number of aromatic amines is 1. The number of fused-ring (bicyclic) bond motifs is 1. The molecule has 1 fully saturated rings. The van der Waals surface area contributed by atoms with E-state index in [1.54, 1.807) is 24.4 Å². The van der Waals surface area contributed by atoms with E-state index in [4.69, 9.17) is 0 Å². The van der Waals surface area contributed by atoms with Gasteiger partial charge in [0, 0.05) is 25.8 Å². The zero-order valence-electron chi connectivity index (χ0n) is 13.0. The Labute approximate surface area is 137 Å². The highest BCUT2D eigenvalue weighted by Crippen LogP contribution is 2.20. The van der Waals surface area contributed by atoms with Crippen LogP contribution in [0.2, 0.25) is 0 Å². The Kier molecular flexibility index (Phi) is 3.73. The molecule has 0 amide bonds. The van der Waals surface area contributed by atoms with Crippen LogP contribution in [0.4, 0.5) is 10.2 Å². The van der Waals surface area contributed by atoms with Gasteiger partial charge in [-0.25, -0.2) is 23.7 Å². The van der Waals surface area contributed by atoms with Crippen molar-refractivity contribution in [3.05, 3.63) is 46.8 Å². The van der Waals surface area contributed by atoms with Crippen LogP contribution >= 0.6 is 0 Å². The van der Waals surface area contributed by atoms with E-state index in [0.717, 1.165) is 32.6 Å². The second-order valence-corrected chi connectivity index (χ2v) is 5.70. The number of rotatable bonds is 2. The van der Waals surface area contributed by atoms with Crippen LogP contribution in [-0.2, 0) is 0 Å². The summed E-state index contributed by atoms with van der Waals surface area (Å²) in [5.41, 5.74) is 0.460. The van der Waals surface area contributed by atoms with E-state index in [2.05, 4.69) is 25.2 Å². The molecule has 1 saturated heterocycles. The largest absolute Gasteiger partial charge is 0.355 e. The minimum Gasteiger partial charge on any atom is -0.355 e. The van der Waals surface area contributed by atoms with E-state index < -0.39 is 11.5 Å². The van der Waals surface area contributed by atoms with E-state index in [-0.39, 0.29) is 5.82 Å². The Bertz CT molecular complexity index is 926. The normalized spacial score (nSPS) is 15.6. The molecule has 0 spiro atoms. The van der Waals surface area contributed by atoms with E-state index in [1.807, 2.05) is 0 Å². The summed E-state index contributed by atoms with van der Waals surface area (Å²) in [5, 5.41) is 3.32. The molecule has 3 aromatic rings. The molecule has 7 nitrogen and oxygen atoms in total. The number of H-pyrrole nitrogens is 1. The van der Waals surface area contributed by atoms with Gasteiger partial charge in [-0.05, 0) is 37.2 Å². The third kappa shape index (κ3) is 2.54. The number of pyridine rings is 2. The van der Waals surface area contributed by atoms with Gasteiger partial charge in [0.2, 0.25) is 0 Å². The maximum atomic E-state index is 14.4. The molecule has 0 radical (unpaired) electrons. The van der Waals surface area contributed by atoms with Crippen molar-refractivity contribution in [1.82, 2.24) is 24.8 Å². The van der Waals surface area contributed by atoms with E-state index in [0.29, 0.717) is 17.0 Å². The van der Waals surface area contributed by atoms with Gasteiger partial charge in [-0.1, -0.05) is 0 Å². The molecule has 3 aromatic heterocycles. The van der Waals surface area contributed by atoms with Crippen molar-refractivity contribution in [2.24, 2.45) is 0 Å². The Balaban J connectivity index is 1.84. The lowest BCUT2D eigenvalue weighted by Crippen LogP contribution is -2.29. The molecular weight excluding hydrogens is 311 g/mol. The van der Waals surface area contributed by atoms with Crippen LogP contribution in [0.25, 0.3) is 17.0 Å². The molecule has 1 aliphatic heterocycles. The first-order valence-electron chi connectivity index (χ1n) is 7.92. The summed E-state index contributed by atoms with van der Waals surface area (Å²) < 4.78 is 15.6. The topological polar surface area (TPSA) is 78.8 Å². The lowest BCUT2D eigenvalue weighted by Gasteiger charge is -2.21. The molecule has 4 heterocycles. The highest BCUT2D eigenvalue weighted by Gasteiger charge is 2.18. The lowest BCUT2D eigenvalue weighted by molar-refractivity contribution is 0.608. The van der Waals surface area contributed by atoms with E-state index in [9.17, 15) is 9.18 Å². The third-order valence-corrected chi connectivity index (χ3v) is 4.14. The van der Waals surface area contributed by atoms with Crippen LogP contribution in [0.15, 0.2) is 35.3 Å². The number of aromatic nitrogens is 4. The van der Waals surface area contributed by atoms with Crippen LogP contribution in [0.1, 0.15) is 6.42 Å². The fourth-order valence-electron chi connectivity index (χ4n) is 2.98. The quantitative estimate of drug-likeness (QED) is 0.735. The SMILES string of the molecule is O=c1[nH]c2ncccc2n1-c1nc(N2CCCNCC2)ccc1F.